The molecule has 1 heterocycles. The monoisotopic (exact) mass is 252 g/mol. The zero-order chi connectivity index (χ0) is 13.7. The van der Waals surface area contributed by atoms with Crippen molar-refractivity contribution in [2.45, 2.75) is 41.0 Å². The maximum absolute atomic E-state index is 11.9. The number of rotatable bonds is 6. The van der Waals surface area contributed by atoms with Crippen molar-refractivity contribution in [2.75, 3.05) is 6.54 Å². The van der Waals surface area contributed by atoms with Gasteiger partial charge in [0.1, 0.15) is 5.82 Å². The number of aromatic nitrogens is 3. The second kappa shape index (κ2) is 6.52. The second-order valence-corrected chi connectivity index (χ2v) is 5.32. The molecule has 1 rings (SSSR count). The van der Waals surface area contributed by atoms with Crippen molar-refractivity contribution in [3.63, 3.8) is 0 Å². The number of nitrogens with zero attached hydrogens (tertiary/aromatic N) is 2. The molecule has 0 aliphatic carbocycles. The predicted molar refractivity (Wildman–Crippen MR) is 71.3 cm³/mol. The van der Waals surface area contributed by atoms with E-state index in [1.165, 1.54) is 0 Å². The van der Waals surface area contributed by atoms with Gasteiger partial charge in [-0.2, -0.15) is 0 Å². The molecule has 0 saturated heterocycles. The van der Waals surface area contributed by atoms with Gasteiger partial charge in [0, 0.05) is 13.0 Å². The Bertz CT molecular complexity index is 376. The lowest BCUT2D eigenvalue weighted by Gasteiger charge is -2.24. The smallest absolute Gasteiger partial charge is 0.290 e. The third-order valence-corrected chi connectivity index (χ3v) is 3.28. The van der Waals surface area contributed by atoms with Gasteiger partial charge >= 0.3 is 0 Å². The number of carbonyl (C=O) groups is 1. The Morgan fingerprint density at radius 1 is 1.28 bits per heavy atom. The summed E-state index contributed by atoms with van der Waals surface area (Å²) in [6.07, 6.45) is 0.751. The molecular formula is C13H24N4O. The summed E-state index contributed by atoms with van der Waals surface area (Å²) in [5.74, 6) is 2.34. The van der Waals surface area contributed by atoms with E-state index in [0.29, 0.717) is 24.3 Å². The van der Waals surface area contributed by atoms with E-state index in [2.05, 4.69) is 48.2 Å². The van der Waals surface area contributed by atoms with E-state index in [9.17, 15) is 4.79 Å². The predicted octanol–water partition coefficient (Wildman–Crippen LogP) is 2.03. The van der Waals surface area contributed by atoms with Crippen LogP contribution >= 0.6 is 0 Å². The Kier molecular flexibility index (Phi) is 5.31. The molecule has 0 atom stereocenters. The van der Waals surface area contributed by atoms with E-state index >= 15 is 0 Å². The van der Waals surface area contributed by atoms with E-state index < -0.39 is 0 Å². The van der Waals surface area contributed by atoms with Gasteiger partial charge in [-0.3, -0.25) is 9.89 Å². The molecule has 5 nitrogen and oxygen atoms in total. The standard InChI is InChI=1S/C13H24N4O/c1-6-11-15-12(17-16-11)13(18)14-7-10(8(2)3)9(4)5/h8-10H,6-7H2,1-5H3,(H,14,18)(H,15,16,17). The largest absolute Gasteiger partial charge is 0.349 e. The van der Waals surface area contributed by atoms with Crippen LogP contribution in [0.15, 0.2) is 0 Å². The molecule has 1 amide bonds. The molecule has 5 heteroatoms. The van der Waals surface area contributed by atoms with Gasteiger partial charge in [-0.1, -0.05) is 34.6 Å². The van der Waals surface area contributed by atoms with Gasteiger partial charge in [0.15, 0.2) is 0 Å². The number of aryl methyl sites for hydroxylation is 1. The molecule has 0 bridgehead atoms. The van der Waals surface area contributed by atoms with E-state index in [1.807, 2.05) is 6.92 Å². The number of amides is 1. The van der Waals surface area contributed by atoms with Gasteiger partial charge in [0.2, 0.25) is 5.82 Å². The molecule has 1 aromatic heterocycles. The number of aromatic amines is 1. The first-order valence-corrected chi connectivity index (χ1v) is 6.65. The first-order chi connectivity index (χ1) is 8.45. The number of carbonyl (C=O) groups excluding carboxylic acids is 1. The topological polar surface area (TPSA) is 70.7 Å². The van der Waals surface area contributed by atoms with Crippen molar-refractivity contribution in [3.05, 3.63) is 11.6 Å². The number of hydrogen-bond acceptors (Lipinski definition) is 3. The molecule has 18 heavy (non-hydrogen) atoms. The summed E-state index contributed by atoms with van der Waals surface area (Å²) in [6.45, 7) is 11.4. The summed E-state index contributed by atoms with van der Waals surface area (Å²) in [5, 5.41) is 9.57. The number of H-pyrrole nitrogens is 1. The zero-order valence-electron chi connectivity index (χ0n) is 11.9. The van der Waals surface area contributed by atoms with Crippen molar-refractivity contribution in [1.29, 1.82) is 0 Å². The Labute approximate surface area is 109 Å². The fourth-order valence-corrected chi connectivity index (χ4v) is 2.09. The third kappa shape index (κ3) is 3.82. The van der Waals surface area contributed by atoms with Crippen LogP contribution in [0.2, 0.25) is 0 Å². The minimum atomic E-state index is -0.197. The molecule has 102 valence electrons. The Morgan fingerprint density at radius 2 is 1.89 bits per heavy atom. The fraction of sp³-hybridized carbons (Fsp3) is 0.769. The van der Waals surface area contributed by atoms with Crippen LogP contribution in [0.5, 0.6) is 0 Å². The Morgan fingerprint density at radius 3 is 2.33 bits per heavy atom. The lowest BCUT2D eigenvalue weighted by atomic mass is 9.85. The number of nitrogens with one attached hydrogen (secondary N) is 2. The van der Waals surface area contributed by atoms with Crippen LogP contribution < -0.4 is 5.32 Å². The van der Waals surface area contributed by atoms with Crippen molar-refractivity contribution < 1.29 is 4.79 Å². The van der Waals surface area contributed by atoms with Gasteiger partial charge in [0.05, 0.1) is 0 Å². The highest BCUT2D eigenvalue weighted by Crippen LogP contribution is 2.19. The van der Waals surface area contributed by atoms with Crippen LogP contribution in [0, 0.1) is 17.8 Å². The SMILES string of the molecule is CCc1nc(C(=O)NCC(C(C)C)C(C)C)n[nH]1. The van der Waals surface area contributed by atoms with Crippen molar-refractivity contribution >= 4 is 5.91 Å². The summed E-state index contributed by atoms with van der Waals surface area (Å²) in [5.41, 5.74) is 0. The van der Waals surface area contributed by atoms with Gasteiger partial charge in [-0.25, -0.2) is 4.98 Å². The van der Waals surface area contributed by atoms with Crippen LogP contribution in [0.4, 0.5) is 0 Å². The molecule has 0 spiro atoms. The van der Waals surface area contributed by atoms with Gasteiger partial charge in [-0.15, -0.1) is 5.10 Å². The summed E-state index contributed by atoms with van der Waals surface area (Å²) < 4.78 is 0. The summed E-state index contributed by atoms with van der Waals surface area (Å²) >= 11 is 0. The summed E-state index contributed by atoms with van der Waals surface area (Å²) in [7, 11) is 0. The van der Waals surface area contributed by atoms with Crippen LogP contribution in [0.1, 0.15) is 51.1 Å². The van der Waals surface area contributed by atoms with Crippen LogP contribution in [-0.2, 0) is 6.42 Å². The van der Waals surface area contributed by atoms with Crippen molar-refractivity contribution in [2.24, 2.45) is 17.8 Å². The van der Waals surface area contributed by atoms with E-state index in [0.717, 1.165) is 12.2 Å². The van der Waals surface area contributed by atoms with E-state index in [-0.39, 0.29) is 11.7 Å². The minimum Gasteiger partial charge on any atom is -0.349 e. The van der Waals surface area contributed by atoms with Gasteiger partial charge in [-0.05, 0) is 17.8 Å². The van der Waals surface area contributed by atoms with Crippen LogP contribution in [0.3, 0.4) is 0 Å². The van der Waals surface area contributed by atoms with E-state index in [1.54, 1.807) is 0 Å². The average Bonchev–Trinajstić information content (AvgIpc) is 2.76. The molecule has 0 unspecified atom stereocenters. The third-order valence-electron chi connectivity index (χ3n) is 3.28. The Balaban J connectivity index is 2.54. The fourth-order valence-electron chi connectivity index (χ4n) is 2.09. The molecule has 2 N–H and O–H groups in total. The normalized spacial score (nSPS) is 11.6. The lowest BCUT2D eigenvalue weighted by Crippen LogP contribution is -2.34. The van der Waals surface area contributed by atoms with Crippen molar-refractivity contribution in [3.8, 4) is 0 Å². The van der Waals surface area contributed by atoms with Gasteiger partial charge < -0.3 is 5.32 Å². The molecule has 0 aromatic carbocycles. The first kappa shape index (κ1) is 14.7. The maximum atomic E-state index is 11.9. The number of hydrogen-bond donors (Lipinski definition) is 2. The van der Waals surface area contributed by atoms with Crippen LogP contribution in [-0.4, -0.2) is 27.6 Å². The minimum absolute atomic E-state index is 0.197. The van der Waals surface area contributed by atoms with Crippen molar-refractivity contribution in [1.82, 2.24) is 20.5 Å². The maximum Gasteiger partial charge on any atom is 0.290 e. The lowest BCUT2D eigenvalue weighted by molar-refractivity contribution is 0.0927. The average molecular weight is 252 g/mol. The molecule has 0 saturated carbocycles. The molecule has 0 fully saturated rings. The molecule has 0 radical (unpaired) electrons. The Hall–Kier alpha value is -1.39. The molecular weight excluding hydrogens is 228 g/mol. The summed E-state index contributed by atoms with van der Waals surface area (Å²) in [6, 6.07) is 0. The first-order valence-electron chi connectivity index (χ1n) is 6.65. The van der Waals surface area contributed by atoms with Crippen LogP contribution in [0.25, 0.3) is 0 Å². The summed E-state index contributed by atoms with van der Waals surface area (Å²) in [4.78, 5) is 16.0. The molecule has 0 aliphatic rings. The highest BCUT2D eigenvalue weighted by molar-refractivity contribution is 5.90. The quantitative estimate of drug-likeness (QED) is 0.813. The molecule has 0 aliphatic heterocycles. The molecule has 1 aromatic rings. The zero-order valence-corrected chi connectivity index (χ0v) is 11.9. The van der Waals surface area contributed by atoms with E-state index in [4.69, 9.17) is 0 Å². The van der Waals surface area contributed by atoms with Gasteiger partial charge in [0.25, 0.3) is 5.91 Å². The highest BCUT2D eigenvalue weighted by atomic mass is 16.2. The second-order valence-electron chi connectivity index (χ2n) is 5.32. The highest BCUT2D eigenvalue weighted by Gasteiger charge is 2.19.